The Morgan fingerprint density at radius 2 is 1.95 bits per heavy atom. The Hall–Kier alpha value is -1.07. The lowest BCUT2D eigenvalue weighted by atomic mass is 9.99. The lowest BCUT2D eigenvalue weighted by molar-refractivity contribution is -0.123. The predicted octanol–water partition coefficient (Wildman–Crippen LogP) is 1.96. The minimum atomic E-state index is -0.438. The van der Waals surface area contributed by atoms with Crippen LogP contribution in [0.3, 0.4) is 0 Å². The average molecular weight is 317 g/mol. The molecule has 1 aromatic rings. The number of carbonyl (C=O) groups excluding carboxylic acids is 1. The van der Waals surface area contributed by atoms with Crippen molar-refractivity contribution in [2.24, 2.45) is 18.7 Å². The number of aromatic nitrogens is 2. The summed E-state index contributed by atoms with van der Waals surface area (Å²) < 4.78 is 1.91. The van der Waals surface area contributed by atoms with Crippen molar-refractivity contribution < 1.29 is 4.79 Å². The van der Waals surface area contributed by atoms with Crippen LogP contribution in [0.5, 0.6) is 0 Å². The molecule has 6 heteroatoms. The molecule has 1 aromatic heterocycles. The molecule has 0 aromatic carbocycles. The average Bonchev–Trinajstić information content (AvgIpc) is 2.77. The lowest BCUT2D eigenvalue weighted by Gasteiger charge is -2.18. The number of carbonyl (C=O) groups is 1. The summed E-state index contributed by atoms with van der Waals surface area (Å²) in [5.41, 5.74) is 9.33. The van der Waals surface area contributed by atoms with Gasteiger partial charge in [0.25, 0.3) is 0 Å². The van der Waals surface area contributed by atoms with Crippen molar-refractivity contribution in [2.45, 2.75) is 59.5 Å². The second-order valence-electron chi connectivity index (χ2n) is 5.33. The molecule has 0 radical (unpaired) electrons. The van der Waals surface area contributed by atoms with Crippen molar-refractivity contribution in [3.8, 4) is 0 Å². The van der Waals surface area contributed by atoms with Crippen LogP contribution in [0.2, 0.25) is 0 Å². The normalized spacial score (nSPS) is 13.4. The van der Waals surface area contributed by atoms with Crippen LogP contribution in [0.1, 0.15) is 51.1 Å². The maximum atomic E-state index is 12.1. The fraction of sp³-hybridized carbons (Fsp3) is 0.733. The van der Waals surface area contributed by atoms with E-state index in [1.54, 1.807) is 0 Å². The number of nitrogens with two attached hydrogens (primary N) is 1. The standard InChI is InChI=1S/C15H28N4O.ClH/c1-6-10(4)14(16)15(20)17-9-11-12(7-2)18-19(5)13(11)8-3;/h10,14H,6-9,16H2,1-5H3,(H,17,20);1H. The van der Waals surface area contributed by atoms with Crippen molar-refractivity contribution in [1.29, 1.82) is 0 Å². The van der Waals surface area contributed by atoms with E-state index in [9.17, 15) is 4.79 Å². The fourth-order valence-corrected chi connectivity index (χ4v) is 2.40. The Balaban J connectivity index is 0.00000400. The van der Waals surface area contributed by atoms with Gasteiger partial charge in [-0.3, -0.25) is 9.48 Å². The van der Waals surface area contributed by atoms with Gasteiger partial charge in [-0.15, -0.1) is 12.4 Å². The quantitative estimate of drug-likeness (QED) is 0.807. The molecule has 0 fully saturated rings. The number of amides is 1. The molecule has 1 amide bonds. The van der Waals surface area contributed by atoms with E-state index in [2.05, 4.69) is 24.3 Å². The van der Waals surface area contributed by atoms with E-state index in [4.69, 9.17) is 5.73 Å². The van der Waals surface area contributed by atoms with Gasteiger partial charge >= 0.3 is 0 Å². The maximum Gasteiger partial charge on any atom is 0.237 e. The van der Waals surface area contributed by atoms with Gasteiger partial charge in [0.15, 0.2) is 0 Å². The van der Waals surface area contributed by atoms with Crippen LogP contribution in [-0.2, 0) is 31.2 Å². The summed E-state index contributed by atoms with van der Waals surface area (Å²) in [5.74, 6) is 0.118. The first kappa shape index (κ1) is 19.9. The maximum absolute atomic E-state index is 12.1. The first-order valence-electron chi connectivity index (χ1n) is 7.53. The molecule has 0 aliphatic carbocycles. The largest absolute Gasteiger partial charge is 0.351 e. The lowest BCUT2D eigenvalue weighted by Crippen LogP contribution is -2.44. The highest BCUT2D eigenvalue weighted by molar-refractivity contribution is 5.85. The summed E-state index contributed by atoms with van der Waals surface area (Å²) >= 11 is 0. The molecule has 0 aliphatic rings. The van der Waals surface area contributed by atoms with E-state index >= 15 is 0 Å². The molecule has 5 nitrogen and oxygen atoms in total. The molecular formula is C15H29ClN4O. The summed E-state index contributed by atoms with van der Waals surface area (Å²) in [4.78, 5) is 12.1. The third-order valence-corrected chi connectivity index (χ3v) is 4.03. The van der Waals surface area contributed by atoms with Crippen molar-refractivity contribution in [1.82, 2.24) is 15.1 Å². The number of hydrogen-bond donors (Lipinski definition) is 2. The van der Waals surface area contributed by atoms with Crippen LogP contribution in [-0.4, -0.2) is 21.7 Å². The van der Waals surface area contributed by atoms with E-state index < -0.39 is 6.04 Å². The zero-order valence-electron chi connectivity index (χ0n) is 13.8. The van der Waals surface area contributed by atoms with Gasteiger partial charge in [-0.2, -0.15) is 5.10 Å². The Morgan fingerprint density at radius 3 is 2.43 bits per heavy atom. The number of aryl methyl sites for hydroxylation is 2. The van der Waals surface area contributed by atoms with Crippen LogP contribution < -0.4 is 11.1 Å². The summed E-state index contributed by atoms with van der Waals surface area (Å²) in [6.07, 6.45) is 2.68. The van der Waals surface area contributed by atoms with Gasteiger partial charge < -0.3 is 11.1 Å². The van der Waals surface area contributed by atoms with E-state index in [1.165, 1.54) is 5.69 Å². The summed E-state index contributed by atoms with van der Waals surface area (Å²) in [7, 11) is 1.95. The molecule has 1 heterocycles. The molecule has 0 spiro atoms. The minimum Gasteiger partial charge on any atom is -0.351 e. The smallest absolute Gasteiger partial charge is 0.237 e. The van der Waals surface area contributed by atoms with Crippen LogP contribution >= 0.6 is 12.4 Å². The number of hydrogen-bond acceptors (Lipinski definition) is 3. The second-order valence-corrected chi connectivity index (χ2v) is 5.33. The third-order valence-electron chi connectivity index (χ3n) is 4.03. The van der Waals surface area contributed by atoms with Crippen molar-refractivity contribution in [3.63, 3.8) is 0 Å². The van der Waals surface area contributed by atoms with Gasteiger partial charge in [0.1, 0.15) is 0 Å². The molecule has 3 N–H and O–H groups in total. The first-order valence-corrected chi connectivity index (χ1v) is 7.53. The molecule has 0 aliphatic heterocycles. The van der Waals surface area contributed by atoms with Crippen LogP contribution in [0.15, 0.2) is 0 Å². The summed E-state index contributed by atoms with van der Waals surface area (Å²) in [5, 5.41) is 7.47. The summed E-state index contributed by atoms with van der Waals surface area (Å²) in [6.45, 7) is 8.75. The van der Waals surface area contributed by atoms with Gasteiger partial charge in [0.2, 0.25) is 5.91 Å². The fourth-order valence-electron chi connectivity index (χ4n) is 2.40. The Bertz CT molecular complexity index is 459. The van der Waals surface area contributed by atoms with Crippen LogP contribution in [0.25, 0.3) is 0 Å². The first-order chi connectivity index (χ1) is 9.46. The third kappa shape index (κ3) is 4.71. The Morgan fingerprint density at radius 1 is 1.33 bits per heavy atom. The van der Waals surface area contributed by atoms with Gasteiger partial charge in [-0.25, -0.2) is 0 Å². The van der Waals surface area contributed by atoms with Gasteiger partial charge in [0, 0.05) is 24.8 Å². The highest BCUT2D eigenvalue weighted by atomic mass is 35.5. The Kier molecular flexibility index (Phi) is 8.59. The molecule has 0 bridgehead atoms. The van der Waals surface area contributed by atoms with E-state index in [0.717, 1.165) is 30.5 Å². The molecule has 2 atom stereocenters. The van der Waals surface area contributed by atoms with E-state index in [-0.39, 0.29) is 24.2 Å². The predicted molar refractivity (Wildman–Crippen MR) is 88.5 cm³/mol. The molecule has 21 heavy (non-hydrogen) atoms. The number of nitrogens with zero attached hydrogens (tertiary/aromatic N) is 2. The summed E-state index contributed by atoms with van der Waals surface area (Å²) in [6, 6.07) is -0.438. The van der Waals surface area contributed by atoms with E-state index in [1.807, 2.05) is 25.6 Å². The molecule has 0 saturated heterocycles. The van der Waals surface area contributed by atoms with Crippen LogP contribution in [0, 0.1) is 5.92 Å². The molecule has 0 saturated carbocycles. The van der Waals surface area contributed by atoms with Crippen LogP contribution in [0.4, 0.5) is 0 Å². The second kappa shape index (κ2) is 9.05. The monoisotopic (exact) mass is 316 g/mol. The van der Waals surface area contributed by atoms with Crippen molar-refractivity contribution in [2.75, 3.05) is 0 Å². The topological polar surface area (TPSA) is 72.9 Å². The van der Waals surface area contributed by atoms with Gasteiger partial charge in [-0.1, -0.05) is 34.1 Å². The molecular weight excluding hydrogens is 288 g/mol. The zero-order valence-corrected chi connectivity index (χ0v) is 14.6. The minimum absolute atomic E-state index is 0. The van der Waals surface area contributed by atoms with Crippen molar-refractivity contribution >= 4 is 18.3 Å². The number of halogens is 1. The number of nitrogens with one attached hydrogen (secondary N) is 1. The highest BCUT2D eigenvalue weighted by Gasteiger charge is 2.20. The van der Waals surface area contributed by atoms with Gasteiger partial charge in [0.05, 0.1) is 11.7 Å². The van der Waals surface area contributed by atoms with E-state index in [0.29, 0.717) is 6.54 Å². The highest BCUT2D eigenvalue weighted by Crippen LogP contribution is 2.15. The molecule has 2 unspecified atom stereocenters. The molecule has 122 valence electrons. The van der Waals surface area contributed by atoms with Crippen molar-refractivity contribution in [3.05, 3.63) is 17.0 Å². The SMILES string of the molecule is CCc1nn(C)c(CC)c1CNC(=O)C(N)C(C)CC.Cl. The zero-order chi connectivity index (χ0) is 15.3. The molecule has 1 rings (SSSR count). The Labute approximate surface area is 134 Å². The van der Waals surface area contributed by atoms with Gasteiger partial charge in [-0.05, 0) is 18.8 Å². The number of rotatable bonds is 7.